The molecule has 10 aromatic rings. The summed E-state index contributed by atoms with van der Waals surface area (Å²) in [5, 5.41) is 10.3. The number of benzene rings is 10. The molecule has 59 heavy (non-hydrogen) atoms. The fraction of sp³-hybridized carbons (Fsp3) is 0. The molecule has 12 rings (SSSR count). The predicted molar refractivity (Wildman–Crippen MR) is 250 cm³/mol. The van der Waals surface area contributed by atoms with Crippen LogP contribution in [0.15, 0.2) is 224 Å². The Labute approximate surface area is 344 Å². The van der Waals surface area contributed by atoms with E-state index in [-0.39, 0.29) is 0 Å². The van der Waals surface area contributed by atoms with Crippen LogP contribution in [-0.2, 0) is 0 Å². The zero-order valence-electron chi connectivity index (χ0n) is 32.2. The molecule has 0 atom stereocenters. The van der Waals surface area contributed by atoms with Crippen LogP contribution in [0, 0.1) is 0 Å². The molecule has 0 aliphatic carbocycles. The van der Waals surface area contributed by atoms with E-state index in [9.17, 15) is 0 Å². The average Bonchev–Trinajstić information content (AvgIpc) is 3.60. The van der Waals surface area contributed by atoms with Gasteiger partial charge in [-0.05, 0) is 101 Å². The van der Waals surface area contributed by atoms with E-state index in [1.54, 1.807) is 0 Å². The van der Waals surface area contributed by atoms with Gasteiger partial charge in [0.15, 0.2) is 8.07 Å². The fourth-order valence-electron chi connectivity index (χ4n) is 10.00. The smallest absolute Gasteiger partial charge is 0.189 e. The van der Waals surface area contributed by atoms with Gasteiger partial charge in [-0.15, -0.1) is 0 Å². The summed E-state index contributed by atoms with van der Waals surface area (Å²) < 4.78 is 6.82. The Morgan fingerprint density at radius 3 is 1.66 bits per heavy atom. The summed E-state index contributed by atoms with van der Waals surface area (Å²) in [6.45, 7) is 0. The lowest BCUT2D eigenvalue weighted by Crippen LogP contribution is -2.74. The van der Waals surface area contributed by atoms with E-state index in [4.69, 9.17) is 4.74 Å². The van der Waals surface area contributed by atoms with Crippen LogP contribution in [0.25, 0.3) is 54.9 Å². The largest absolute Gasteiger partial charge is 0.458 e. The van der Waals surface area contributed by atoms with Crippen molar-refractivity contribution in [3.05, 3.63) is 224 Å². The molecule has 0 amide bonds. The third-order valence-corrected chi connectivity index (χ3v) is 17.4. The molecular weight excluding hydrogens is 731 g/mol. The molecule has 2 aliphatic rings. The lowest BCUT2D eigenvalue weighted by molar-refractivity contribution is 0.487. The molecule has 2 heterocycles. The second kappa shape index (κ2) is 13.3. The Morgan fingerprint density at radius 1 is 0.322 bits per heavy atom. The van der Waals surface area contributed by atoms with Crippen LogP contribution in [0.2, 0.25) is 0 Å². The van der Waals surface area contributed by atoms with Gasteiger partial charge >= 0.3 is 0 Å². The Hall–Kier alpha value is -7.46. The highest BCUT2D eigenvalue weighted by Gasteiger charge is 2.53. The van der Waals surface area contributed by atoms with Gasteiger partial charge in [-0.25, -0.2) is 0 Å². The van der Waals surface area contributed by atoms with Gasteiger partial charge in [-0.3, -0.25) is 0 Å². The van der Waals surface area contributed by atoms with E-state index in [2.05, 4.69) is 229 Å². The lowest BCUT2D eigenvalue weighted by Gasteiger charge is -2.37. The first-order valence-corrected chi connectivity index (χ1v) is 22.3. The number of para-hydroxylation sites is 1. The van der Waals surface area contributed by atoms with Crippen molar-refractivity contribution in [2.45, 2.75) is 0 Å². The van der Waals surface area contributed by atoms with Crippen LogP contribution >= 0.6 is 0 Å². The summed E-state index contributed by atoms with van der Waals surface area (Å²) in [6, 6.07) is 82.3. The average molecular weight is 768 g/mol. The Bertz CT molecular complexity index is 3210. The molecule has 3 heteroatoms. The van der Waals surface area contributed by atoms with Gasteiger partial charge in [0.1, 0.15) is 11.5 Å². The van der Waals surface area contributed by atoms with Crippen molar-refractivity contribution in [1.29, 1.82) is 0 Å². The minimum atomic E-state index is -2.74. The fourth-order valence-corrected chi connectivity index (χ4v) is 15.4. The summed E-state index contributed by atoms with van der Waals surface area (Å²) in [5.74, 6) is 1.92. The normalized spacial score (nSPS) is 13.0. The molecular formula is C56H37NOSi. The minimum Gasteiger partial charge on any atom is -0.458 e. The highest BCUT2D eigenvalue weighted by molar-refractivity contribution is 7.23. The molecule has 2 aliphatic heterocycles. The predicted octanol–water partition coefficient (Wildman–Crippen LogP) is 12.3. The zero-order chi connectivity index (χ0) is 38.9. The minimum absolute atomic E-state index is 0.952. The number of hydrogen-bond donors (Lipinski definition) is 0. The molecule has 0 fully saturated rings. The molecule has 0 unspecified atom stereocenters. The standard InChI is InChI=1S/C56H37NOSi/c1-2-15-38(16-3-1)39-29-32-42(33-30-39)57(49-24-14-18-40-17-4-5-19-44(40)49)50-35-34-43(45-20-6-7-21-46(45)50)41-31-36-52-56(37-41)59(55-28-13-10-25-51(55)58-52)53-26-11-8-22-47(53)48-23-9-12-27-54(48)59/h1-37H. The highest BCUT2D eigenvalue weighted by Crippen LogP contribution is 2.45. The van der Waals surface area contributed by atoms with Crippen LogP contribution in [0.3, 0.4) is 0 Å². The molecule has 0 saturated carbocycles. The van der Waals surface area contributed by atoms with Crippen molar-refractivity contribution in [1.82, 2.24) is 0 Å². The molecule has 2 nitrogen and oxygen atoms in total. The molecule has 0 bridgehead atoms. The first-order chi connectivity index (χ1) is 29.3. The zero-order valence-corrected chi connectivity index (χ0v) is 33.2. The van der Waals surface area contributed by atoms with E-state index in [1.165, 1.54) is 75.7 Å². The van der Waals surface area contributed by atoms with Crippen molar-refractivity contribution in [2.75, 3.05) is 4.90 Å². The summed E-state index contributed by atoms with van der Waals surface area (Å²) in [5.41, 5.74) is 10.8. The van der Waals surface area contributed by atoms with E-state index in [1.807, 2.05) is 0 Å². The maximum absolute atomic E-state index is 6.82. The Morgan fingerprint density at radius 2 is 0.881 bits per heavy atom. The maximum atomic E-state index is 6.82. The number of anilines is 3. The van der Waals surface area contributed by atoms with Crippen LogP contribution in [0.1, 0.15) is 0 Å². The number of nitrogens with zero attached hydrogens (tertiary/aromatic N) is 1. The highest BCUT2D eigenvalue weighted by atomic mass is 28.3. The van der Waals surface area contributed by atoms with Crippen molar-refractivity contribution in [3.63, 3.8) is 0 Å². The maximum Gasteiger partial charge on any atom is 0.189 e. The quantitative estimate of drug-likeness (QED) is 0.162. The summed E-state index contributed by atoms with van der Waals surface area (Å²) in [7, 11) is -2.74. The number of hydrogen-bond acceptors (Lipinski definition) is 2. The van der Waals surface area contributed by atoms with Gasteiger partial charge in [0.25, 0.3) is 0 Å². The molecule has 276 valence electrons. The van der Waals surface area contributed by atoms with E-state index < -0.39 is 8.07 Å². The van der Waals surface area contributed by atoms with Gasteiger partial charge in [-0.2, -0.15) is 0 Å². The van der Waals surface area contributed by atoms with Gasteiger partial charge < -0.3 is 9.64 Å². The van der Waals surface area contributed by atoms with Crippen molar-refractivity contribution >= 4 is 67.4 Å². The van der Waals surface area contributed by atoms with E-state index in [0.29, 0.717) is 0 Å². The molecule has 0 aromatic heterocycles. The molecule has 0 saturated heterocycles. The van der Waals surface area contributed by atoms with Gasteiger partial charge in [0.05, 0.1) is 11.4 Å². The SMILES string of the molecule is c1ccc(-c2ccc(N(c3cccc4ccccc34)c3ccc(-c4ccc5c(c4)[Si]4(c6ccccc6O5)c5ccccc5-c5ccccc54)c4ccccc34)cc2)cc1. The van der Waals surface area contributed by atoms with Crippen LogP contribution in [0.4, 0.5) is 17.1 Å². The monoisotopic (exact) mass is 767 g/mol. The Balaban J connectivity index is 1.07. The number of rotatable bonds is 5. The second-order valence-electron chi connectivity index (χ2n) is 15.6. The first kappa shape index (κ1) is 33.7. The van der Waals surface area contributed by atoms with Crippen molar-refractivity contribution in [2.24, 2.45) is 0 Å². The van der Waals surface area contributed by atoms with Crippen molar-refractivity contribution in [3.8, 4) is 44.9 Å². The van der Waals surface area contributed by atoms with Crippen LogP contribution in [-0.4, -0.2) is 8.07 Å². The summed E-state index contributed by atoms with van der Waals surface area (Å²) in [4.78, 5) is 2.44. The van der Waals surface area contributed by atoms with Crippen LogP contribution in [0.5, 0.6) is 11.5 Å². The molecule has 0 radical (unpaired) electrons. The molecule has 10 aromatic carbocycles. The molecule has 1 spiro atoms. The number of ether oxygens (including phenoxy) is 1. The van der Waals surface area contributed by atoms with E-state index >= 15 is 0 Å². The number of fused-ring (bicyclic) bond motifs is 11. The first-order valence-electron chi connectivity index (χ1n) is 20.3. The van der Waals surface area contributed by atoms with E-state index in [0.717, 1.165) is 28.6 Å². The van der Waals surface area contributed by atoms with Crippen LogP contribution < -0.4 is 30.4 Å². The summed E-state index contributed by atoms with van der Waals surface area (Å²) >= 11 is 0. The lowest BCUT2D eigenvalue weighted by atomic mass is 9.95. The molecule has 0 N–H and O–H groups in total. The van der Waals surface area contributed by atoms with Crippen molar-refractivity contribution < 1.29 is 4.74 Å². The summed E-state index contributed by atoms with van der Waals surface area (Å²) in [6.07, 6.45) is 0. The second-order valence-corrected chi connectivity index (χ2v) is 19.2. The topological polar surface area (TPSA) is 12.5 Å². The van der Waals surface area contributed by atoms with Gasteiger partial charge in [0, 0.05) is 16.5 Å². The van der Waals surface area contributed by atoms with Gasteiger partial charge in [-0.1, -0.05) is 188 Å². The van der Waals surface area contributed by atoms with Gasteiger partial charge in [0.2, 0.25) is 0 Å². The third-order valence-electron chi connectivity index (χ3n) is 12.5. The third kappa shape index (κ3) is 5.05. The Kier molecular flexibility index (Phi) is 7.59.